The number of ketones is 1. The molecule has 1 unspecified atom stereocenters. The maximum atomic E-state index is 13.0. The van der Waals surface area contributed by atoms with E-state index in [0.29, 0.717) is 27.5 Å². The number of Topliss-reactive ketones (excluding diaryl/α,β-unsaturated/α-hetero) is 1. The predicted molar refractivity (Wildman–Crippen MR) is 104 cm³/mol. The Bertz CT molecular complexity index is 1090. The molecular weight excluding hydrogens is 364 g/mol. The Balaban J connectivity index is 1.86. The van der Waals surface area contributed by atoms with Crippen molar-refractivity contribution in [2.24, 2.45) is 4.99 Å². The highest BCUT2D eigenvalue weighted by atomic mass is 35.5. The highest BCUT2D eigenvalue weighted by Gasteiger charge is 2.37. The van der Waals surface area contributed by atoms with E-state index >= 15 is 0 Å². The van der Waals surface area contributed by atoms with Crippen LogP contribution in [-0.2, 0) is 0 Å². The summed E-state index contributed by atoms with van der Waals surface area (Å²) < 4.78 is 0. The van der Waals surface area contributed by atoms with Gasteiger partial charge in [0.2, 0.25) is 0 Å². The molecule has 0 heterocycles. The van der Waals surface area contributed by atoms with Crippen LogP contribution in [0.5, 0.6) is 0 Å². The van der Waals surface area contributed by atoms with Crippen molar-refractivity contribution in [3.63, 3.8) is 0 Å². The Labute approximate surface area is 160 Å². The third-order valence-electron chi connectivity index (χ3n) is 4.50. The predicted octanol–water partition coefficient (Wildman–Crippen LogP) is 5.35. The Morgan fingerprint density at radius 2 is 1.63 bits per heavy atom. The first kappa shape index (κ1) is 17.1. The maximum absolute atomic E-state index is 13.0. The molecule has 1 aliphatic carbocycles. The molecule has 0 radical (unpaired) electrons. The molecule has 1 aliphatic rings. The number of nitro benzene ring substituents is 1. The number of nitro groups is 1. The van der Waals surface area contributed by atoms with E-state index in [0.717, 1.165) is 5.56 Å². The lowest BCUT2D eigenvalue weighted by Gasteiger charge is -2.11. The average Bonchev–Trinajstić information content (AvgIpc) is 2.94. The number of aliphatic imine (C=N–C) groups is 1. The minimum Gasteiger partial charge on any atom is -0.293 e. The lowest BCUT2D eigenvalue weighted by atomic mass is 9.93. The first-order valence-corrected chi connectivity index (χ1v) is 8.64. The normalized spacial score (nSPS) is 17.1. The van der Waals surface area contributed by atoms with Crippen molar-refractivity contribution in [3.05, 3.63) is 105 Å². The molecule has 6 heteroatoms. The van der Waals surface area contributed by atoms with Crippen LogP contribution in [0.3, 0.4) is 0 Å². The van der Waals surface area contributed by atoms with Gasteiger partial charge < -0.3 is 0 Å². The molecule has 4 rings (SSSR count). The van der Waals surface area contributed by atoms with Gasteiger partial charge in [0.15, 0.2) is 5.78 Å². The van der Waals surface area contributed by atoms with Gasteiger partial charge in [-0.15, -0.1) is 0 Å². The number of hydrogen-bond donors (Lipinski definition) is 0. The van der Waals surface area contributed by atoms with Gasteiger partial charge in [-0.25, -0.2) is 0 Å². The summed E-state index contributed by atoms with van der Waals surface area (Å²) in [6, 6.07) is 20.4. The molecule has 0 saturated heterocycles. The van der Waals surface area contributed by atoms with Gasteiger partial charge in [0.05, 0.1) is 22.2 Å². The summed E-state index contributed by atoms with van der Waals surface area (Å²) in [5.74, 6) is -0.678. The van der Waals surface area contributed by atoms with E-state index in [1.165, 1.54) is 12.1 Å². The van der Waals surface area contributed by atoms with Gasteiger partial charge in [0.25, 0.3) is 5.69 Å². The van der Waals surface area contributed by atoms with Crippen molar-refractivity contribution in [1.29, 1.82) is 0 Å². The summed E-state index contributed by atoms with van der Waals surface area (Å²) in [6.45, 7) is 0. The molecule has 0 aromatic heterocycles. The van der Waals surface area contributed by atoms with Crippen molar-refractivity contribution >= 4 is 34.5 Å². The molecule has 3 aromatic rings. The van der Waals surface area contributed by atoms with E-state index in [1.54, 1.807) is 36.4 Å². The number of carbonyl (C=O) groups excluding carboxylic acids is 1. The summed E-state index contributed by atoms with van der Waals surface area (Å²) in [5, 5.41) is 11.5. The second kappa shape index (κ2) is 6.78. The topological polar surface area (TPSA) is 72.6 Å². The highest BCUT2D eigenvalue weighted by molar-refractivity contribution is 6.32. The zero-order chi connectivity index (χ0) is 19.0. The zero-order valence-electron chi connectivity index (χ0n) is 14.0. The number of benzene rings is 3. The summed E-state index contributed by atoms with van der Waals surface area (Å²) in [7, 11) is 0. The molecule has 27 heavy (non-hydrogen) atoms. The SMILES string of the molecule is O=C1c2ccccc2C(=Nc2cccc(Cl)c2)C1c1ccc([N+](=O)[O-])cc1. The van der Waals surface area contributed by atoms with Gasteiger partial charge >= 0.3 is 0 Å². The molecule has 3 aromatic carbocycles. The van der Waals surface area contributed by atoms with Crippen molar-refractivity contribution < 1.29 is 9.72 Å². The van der Waals surface area contributed by atoms with Crippen molar-refractivity contribution in [2.75, 3.05) is 0 Å². The molecule has 5 nitrogen and oxygen atoms in total. The van der Waals surface area contributed by atoms with Crippen molar-refractivity contribution in [2.45, 2.75) is 5.92 Å². The fourth-order valence-electron chi connectivity index (χ4n) is 3.26. The fourth-order valence-corrected chi connectivity index (χ4v) is 3.45. The Kier molecular flexibility index (Phi) is 4.30. The van der Waals surface area contributed by atoms with Gasteiger partial charge in [-0.05, 0) is 23.8 Å². The summed E-state index contributed by atoms with van der Waals surface area (Å²) in [5.41, 5.74) is 3.28. The molecule has 0 fully saturated rings. The number of non-ortho nitro benzene ring substituents is 1. The number of fused-ring (bicyclic) bond motifs is 1. The molecule has 0 aliphatic heterocycles. The Morgan fingerprint density at radius 1 is 0.926 bits per heavy atom. The first-order valence-electron chi connectivity index (χ1n) is 8.27. The van der Waals surface area contributed by atoms with Crippen LogP contribution in [0, 0.1) is 10.1 Å². The summed E-state index contributed by atoms with van der Waals surface area (Å²) >= 11 is 6.06. The number of carbonyl (C=O) groups is 1. The molecule has 0 amide bonds. The minimum absolute atomic E-state index is 0.0185. The zero-order valence-corrected chi connectivity index (χ0v) is 14.8. The number of nitrogens with zero attached hydrogens (tertiary/aromatic N) is 2. The lowest BCUT2D eigenvalue weighted by Crippen LogP contribution is -2.13. The Hall–Kier alpha value is -3.31. The van der Waals surface area contributed by atoms with E-state index in [-0.39, 0.29) is 11.5 Å². The molecule has 0 spiro atoms. The second-order valence-corrected chi connectivity index (χ2v) is 6.60. The van der Waals surface area contributed by atoms with E-state index in [2.05, 4.69) is 0 Å². The first-order chi connectivity index (χ1) is 13.0. The van der Waals surface area contributed by atoms with E-state index in [1.807, 2.05) is 24.3 Å². The highest BCUT2D eigenvalue weighted by Crippen LogP contribution is 2.36. The van der Waals surface area contributed by atoms with Crippen LogP contribution >= 0.6 is 11.6 Å². The fraction of sp³-hybridized carbons (Fsp3) is 0.0476. The van der Waals surface area contributed by atoms with Gasteiger partial charge in [0, 0.05) is 28.3 Å². The third-order valence-corrected chi connectivity index (χ3v) is 4.73. The van der Waals surface area contributed by atoms with Crippen LogP contribution in [0.15, 0.2) is 77.8 Å². The van der Waals surface area contributed by atoms with Crippen LogP contribution in [0.2, 0.25) is 5.02 Å². The molecular formula is C21H13ClN2O3. The molecule has 132 valence electrons. The molecule has 0 bridgehead atoms. The summed E-state index contributed by atoms with van der Waals surface area (Å²) in [4.78, 5) is 28.2. The van der Waals surface area contributed by atoms with Gasteiger partial charge in [0.1, 0.15) is 0 Å². The summed E-state index contributed by atoms with van der Waals surface area (Å²) in [6.07, 6.45) is 0. The van der Waals surface area contributed by atoms with E-state index in [9.17, 15) is 14.9 Å². The maximum Gasteiger partial charge on any atom is 0.269 e. The lowest BCUT2D eigenvalue weighted by molar-refractivity contribution is -0.384. The Morgan fingerprint density at radius 3 is 2.30 bits per heavy atom. The van der Waals surface area contributed by atoms with E-state index < -0.39 is 10.8 Å². The second-order valence-electron chi connectivity index (χ2n) is 6.17. The van der Waals surface area contributed by atoms with Crippen LogP contribution in [-0.4, -0.2) is 16.4 Å². The van der Waals surface area contributed by atoms with Gasteiger partial charge in [-0.1, -0.05) is 54.1 Å². The number of halogens is 1. The smallest absolute Gasteiger partial charge is 0.269 e. The monoisotopic (exact) mass is 376 g/mol. The van der Waals surface area contributed by atoms with Crippen LogP contribution in [0.4, 0.5) is 11.4 Å². The van der Waals surface area contributed by atoms with Crippen LogP contribution in [0.25, 0.3) is 0 Å². The van der Waals surface area contributed by atoms with Crippen LogP contribution in [0.1, 0.15) is 27.4 Å². The minimum atomic E-state index is -0.609. The molecule has 0 N–H and O–H groups in total. The third kappa shape index (κ3) is 3.13. The molecule has 1 atom stereocenters. The quantitative estimate of drug-likeness (QED) is 0.457. The van der Waals surface area contributed by atoms with Crippen molar-refractivity contribution in [1.82, 2.24) is 0 Å². The van der Waals surface area contributed by atoms with Crippen LogP contribution < -0.4 is 0 Å². The number of rotatable bonds is 3. The number of hydrogen-bond acceptors (Lipinski definition) is 4. The van der Waals surface area contributed by atoms with Gasteiger partial charge in [-0.3, -0.25) is 19.9 Å². The standard InChI is InChI=1S/C21H13ClN2O3/c22-14-4-3-5-15(12-14)23-20-17-6-1-2-7-18(17)21(25)19(20)13-8-10-16(11-9-13)24(26)27/h1-12,19H. The largest absolute Gasteiger partial charge is 0.293 e. The molecule has 0 saturated carbocycles. The van der Waals surface area contributed by atoms with E-state index in [4.69, 9.17) is 16.6 Å². The van der Waals surface area contributed by atoms with Gasteiger partial charge in [-0.2, -0.15) is 0 Å². The average molecular weight is 377 g/mol. The van der Waals surface area contributed by atoms with Crippen molar-refractivity contribution in [3.8, 4) is 0 Å².